The van der Waals surface area contributed by atoms with E-state index in [4.69, 9.17) is 94.7 Å². The van der Waals surface area contributed by atoms with Gasteiger partial charge in [0.05, 0.1) is 70.2 Å². The molecule has 4 saturated carbocycles. The first-order valence-corrected chi connectivity index (χ1v) is 45.9. The minimum atomic E-state index is -2.19. The molecule has 0 aromatic carbocycles. The van der Waals surface area contributed by atoms with E-state index in [1.807, 2.05) is 40.7 Å². The summed E-state index contributed by atoms with van der Waals surface area (Å²) in [4.78, 5) is 67.5. The monoisotopic (exact) mass is 1930 g/mol. The molecule has 8 aliphatic heterocycles. The lowest BCUT2D eigenvalue weighted by atomic mass is 9.32. The van der Waals surface area contributed by atoms with Crippen molar-refractivity contribution in [1.29, 1.82) is 0 Å². The molecule has 0 aromatic rings. The second-order valence-electron chi connectivity index (χ2n) is 40.6. The van der Waals surface area contributed by atoms with Gasteiger partial charge in [-0.15, -0.1) is 6.58 Å². The van der Waals surface area contributed by atoms with Crippen molar-refractivity contribution in [1.82, 2.24) is 0 Å². The van der Waals surface area contributed by atoms with Crippen LogP contribution in [0.15, 0.2) is 36.0 Å². The van der Waals surface area contributed by atoms with Crippen molar-refractivity contribution in [3.8, 4) is 0 Å². The Morgan fingerprint density at radius 1 is 0.470 bits per heavy atom. The van der Waals surface area contributed by atoms with E-state index in [0.717, 1.165) is 20.8 Å². The summed E-state index contributed by atoms with van der Waals surface area (Å²) in [6.45, 7) is 18.4. The first-order chi connectivity index (χ1) is 62.8. The van der Waals surface area contributed by atoms with Gasteiger partial charge in [0.1, 0.15) is 152 Å². The molecule has 45 nitrogen and oxygen atoms in total. The van der Waals surface area contributed by atoms with E-state index in [0.29, 0.717) is 31.3 Å². The van der Waals surface area contributed by atoms with Crippen LogP contribution >= 0.6 is 0 Å². The van der Waals surface area contributed by atoms with Gasteiger partial charge in [0.15, 0.2) is 68.4 Å². The predicted molar refractivity (Wildman–Crippen MR) is 442 cm³/mol. The lowest BCUT2D eigenvalue weighted by molar-refractivity contribution is -0.380. The zero-order valence-electron chi connectivity index (χ0n) is 77.0. The van der Waals surface area contributed by atoms with Gasteiger partial charge in [-0.25, -0.2) is 4.79 Å². The molecule has 0 spiro atoms. The molecule has 20 N–H and O–H groups in total. The van der Waals surface area contributed by atoms with Gasteiger partial charge in [-0.2, -0.15) is 0 Å². The number of carbonyl (C=O) groups is 5. The van der Waals surface area contributed by atoms with Crippen LogP contribution in [0.3, 0.4) is 0 Å². The van der Waals surface area contributed by atoms with Crippen molar-refractivity contribution in [2.24, 2.45) is 50.2 Å². The second kappa shape index (κ2) is 42.0. The molecule has 8 heterocycles. The Kier molecular flexibility index (Phi) is 33.4. The van der Waals surface area contributed by atoms with E-state index >= 15 is 4.79 Å². The Morgan fingerprint density at radius 2 is 1.00 bits per heavy atom. The molecule has 764 valence electrons. The molecule has 5 aliphatic carbocycles. The highest BCUT2D eigenvalue weighted by Gasteiger charge is 2.76. The molecule has 13 aliphatic rings. The Balaban J connectivity index is 0.760. The lowest BCUT2D eigenvalue weighted by Crippen LogP contribution is -2.73. The maximum Gasteiger partial charge on any atom is 0.333 e. The molecule has 0 radical (unpaired) electrons. The lowest BCUT2D eigenvalue weighted by Gasteiger charge is -2.72. The topological polar surface area (TPSA) is 675 Å². The van der Waals surface area contributed by atoms with Gasteiger partial charge >= 0.3 is 29.8 Å². The zero-order valence-corrected chi connectivity index (χ0v) is 77.0. The second-order valence-corrected chi connectivity index (χ2v) is 40.6. The van der Waals surface area contributed by atoms with Crippen molar-refractivity contribution >= 4 is 29.8 Å². The normalized spacial score (nSPS) is 48.4. The summed E-state index contributed by atoms with van der Waals surface area (Å²) in [5.41, 5.74) is -7.18. The molecule has 0 amide bonds. The molecular weight excluding hydrogens is 1790 g/mol. The van der Waals surface area contributed by atoms with Crippen LogP contribution in [-0.4, -0.2) is 424 Å². The van der Waals surface area contributed by atoms with Crippen LogP contribution in [0.2, 0.25) is 0 Å². The SMILES string of the molecule is C=CC(C)(O)CCC=C(C)C(=O)OC1C(O)C(CO)OC(OC(=O)C23CCC(C)(C)CC2C2=CCC4C5(C)CCC(OC6OC(COC7OCC(OC(C)=O)C(O)C7OC7OC(COC(C)=O)C(O)C(O)C7OC(C)=O)C(O)C(O)C6OC6OCC(O)C(O)C6O)C(C)(C)C5CCC4(C)C2(C)C(O)C3O)C1OC1OCC(OC2OCC(O)C(OC3OCC(O)C(O)C3O)C2O)C(O)C1O. The van der Waals surface area contributed by atoms with Gasteiger partial charge in [0.25, 0.3) is 0 Å². The number of ether oxygens (including phenoxy) is 20. The van der Waals surface area contributed by atoms with Gasteiger partial charge in [-0.1, -0.05) is 72.3 Å². The van der Waals surface area contributed by atoms with Gasteiger partial charge in [0, 0.05) is 31.8 Å². The maximum atomic E-state index is 16.4. The third kappa shape index (κ3) is 20.8. The Bertz CT molecular complexity index is 4100. The van der Waals surface area contributed by atoms with E-state index in [-0.39, 0.29) is 55.9 Å². The molecule has 46 atom stereocenters. The third-order valence-electron chi connectivity index (χ3n) is 31.0. The average molecular weight is 1930 g/mol. The molecular formula is C89H138O45. The summed E-state index contributed by atoms with van der Waals surface area (Å²) in [6.07, 6.45) is -61.3. The smallest absolute Gasteiger partial charge is 0.333 e. The fraction of sp³-hybridized carbons (Fsp3) is 0.876. The van der Waals surface area contributed by atoms with Crippen LogP contribution in [0.4, 0.5) is 0 Å². The van der Waals surface area contributed by atoms with Gasteiger partial charge in [0.2, 0.25) is 6.29 Å². The molecule has 13 rings (SSSR count). The van der Waals surface area contributed by atoms with Gasteiger partial charge < -0.3 is 197 Å². The van der Waals surface area contributed by atoms with E-state index in [1.54, 1.807) is 0 Å². The number of allylic oxidation sites excluding steroid dienone is 2. The molecule has 134 heavy (non-hydrogen) atoms. The number of fused-ring (bicyclic) bond motifs is 7. The average Bonchev–Trinajstić information content (AvgIpc) is 0.662. The van der Waals surface area contributed by atoms with Gasteiger partial charge in [-0.3, -0.25) is 19.2 Å². The largest absolute Gasteiger partial charge is 0.463 e. The summed E-state index contributed by atoms with van der Waals surface area (Å²) in [6, 6.07) is 0. The van der Waals surface area contributed by atoms with Crippen molar-refractivity contribution in [2.45, 2.75) is 386 Å². The third-order valence-corrected chi connectivity index (χ3v) is 31.0. The van der Waals surface area contributed by atoms with Crippen molar-refractivity contribution in [3.05, 3.63) is 36.0 Å². The van der Waals surface area contributed by atoms with Crippen LogP contribution in [0, 0.1) is 50.2 Å². The minimum absolute atomic E-state index is 0.0621. The molecule has 0 aromatic heterocycles. The standard InChI is InChI=1S/C89H138O45/c1-14-85(10,114)21-15-16-35(2)73(112)129-66-57(102)44(27-90)124-81(70(66)133-76-63(108)56(101)47(32-119-76)125-77-64(109)65(43(96)30-118-77)130-74-61(106)52(97)41(94)28-116-74)134-82(113)89-25-24-83(6,7)26-40(89)39-17-18-50-86(11)22-20-51(84(8,9)49(86)19-23-87(50,12)88(39,13)71(110)72(89)111)128-79-69(131-75-62(107)53(98)42(95)29-117-75)60(105)55(100)46(126-79)33-120-78-67(58(103)48(34-121-78)122-37(4)92)132-80-68(123-38(5)93)59(104)54(99)45(127-80)31-115-36(3)91/h14,16-17,40-72,74-81,90,94-111,114H,1,15,18-34H2,2-13H3. The van der Waals surface area contributed by atoms with Crippen LogP contribution in [0.5, 0.6) is 0 Å². The van der Waals surface area contributed by atoms with Crippen LogP contribution in [0.25, 0.3) is 0 Å². The van der Waals surface area contributed by atoms with E-state index < -0.39 is 360 Å². The van der Waals surface area contributed by atoms with E-state index in [2.05, 4.69) is 20.4 Å². The quantitative estimate of drug-likeness (QED) is 0.0114. The first kappa shape index (κ1) is 106. The fourth-order valence-electron chi connectivity index (χ4n) is 22.9. The Hall–Kier alpha value is -4.83. The summed E-state index contributed by atoms with van der Waals surface area (Å²) < 4.78 is 119. The Morgan fingerprint density at radius 3 is 1.60 bits per heavy atom. The van der Waals surface area contributed by atoms with Crippen molar-refractivity contribution in [2.75, 3.05) is 52.9 Å². The van der Waals surface area contributed by atoms with E-state index in [9.17, 15) is 121 Å². The summed E-state index contributed by atoms with van der Waals surface area (Å²) >= 11 is 0. The molecule has 45 heteroatoms. The highest BCUT2D eigenvalue weighted by atomic mass is 16.8. The number of hydrogen-bond donors (Lipinski definition) is 20. The van der Waals surface area contributed by atoms with Crippen LogP contribution < -0.4 is 0 Å². The maximum absolute atomic E-state index is 16.4. The molecule has 8 saturated heterocycles. The first-order valence-electron chi connectivity index (χ1n) is 45.9. The summed E-state index contributed by atoms with van der Waals surface area (Å²) in [5.74, 6) is -6.40. The predicted octanol–water partition coefficient (Wildman–Crippen LogP) is -5.67. The summed E-state index contributed by atoms with van der Waals surface area (Å²) in [7, 11) is 0. The number of esters is 5. The highest BCUT2D eigenvalue weighted by Crippen LogP contribution is 2.76. The number of aliphatic hydroxyl groups is 20. The fourth-order valence-corrected chi connectivity index (χ4v) is 22.9. The minimum Gasteiger partial charge on any atom is -0.463 e. The molecule has 46 unspecified atom stereocenters. The Labute approximate surface area is 773 Å². The van der Waals surface area contributed by atoms with Crippen LogP contribution in [0.1, 0.15) is 147 Å². The van der Waals surface area contributed by atoms with Gasteiger partial charge in [-0.05, 0) is 117 Å². The van der Waals surface area contributed by atoms with Crippen molar-refractivity contribution < 1.29 is 221 Å². The molecule has 12 fully saturated rings. The number of rotatable bonds is 28. The highest BCUT2D eigenvalue weighted by molar-refractivity contribution is 5.88. The number of aliphatic hydroxyl groups excluding tert-OH is 19. The number of hydrogen-bond acceptors (Lipinski definition) is 45. The van der Waals surface area contributed by atoms with E-state index in [1.165, 1.54) is 26.0 Å². The zero-order chi connectivity index (χ0) is 98.2. The molecule has 0 bridgehead atoms. The summed E-state index contributed by atoms with van der Waals surface area (Å²) in [5, 5.41) is 230. The van der Waals surface area contributed by atoms with Crippen molar-refractivity contribution in [3.63, 3.8) is 0 Å². The van der Waals surface area contributed by atoms with Crippen LogP contribution in [-0.2, 0) is 119 Å². The number of carbonyl (C=O) groups excluding carboxylic acids is 5.